The summed E-state index contributed by atoms with van der Waals surface area (Å²) in [5, 5.41) is 2.95. The van der Waals surface area contributed by atoms with Crippen molar-refractivity contribution in [2.45, 2.75) is 31.8 Å². The third kappa shape index (κ3) is 2.69. The number of amides is 3. The van der Waals surface area contributed by atoms with Crippen molar-refractivity contribution in [2.75, 3.05) is 13.2 Å². The second-order valence-electron chi connectivity index (χ2n) is 7.00. The lowest BCUT2D eigenvalue weighted by atomic mass is 9.87. The number of carbonyl (C=O) groups is 2. The predicted octanol–water partition coefficient (Wildman–Crippen LogP) is 2.86. The molecule has 2 aromatic rings. The van der Waals surface area contributed by atoms with E-state index < -0.39 is 5.54 Å². The van der Waals surface area contributed by atoms with Crippen LogP contribution < -0.4 is 5.32 Å². The van der Waals surface area contributed by atoms with E-state index in [4.69, 9.17) is 0 Å². The van der Waals surface area contributed by atoms with Crippen molar-refractivity contribution in [3.05, 3.63) is 71.3 Å². The van der Waals surface area contributed by atoms with Gasteiger partial charge >= 0.3 is 6.03 Å². The summed E-state index contributed by atoms with van der Waals surface area (Å²) in [6.07, 6.45) is 1.47. The Kier molecular flexibility index (Phi) is 4.24. The SMILES string of the molecule is CC[C@]1(c2ccccc2)NC(=O)N(CN2CCc3ccccc3C2)C1=O. The molecule has 1 N–H and O–H groups in total. The van der Waals surface area contributed by atoms with Gasteiger partial charge in [-0.15, -0.1) is 0 Å². The summed E-state index contributed by atoms with van der Waals surface area (Å²) in [4.78, 5) is 29.4. The third-order valence-electron chi connectivity index (χ3n) is 5.52. The average Bonchev–Trinajstić information content (AvgIpc) is 2.94. The molecular formula is C21H23N3O2. The molecule has 2 aromatic carbocycles. The van der Waals surface area contributed by atoms with Gasteiger partial charge in [-0.2, -0.15) is 0 Å². The van der Waals surface area contributed by atoms with Crippen LogP contribution in [0.1, 0.15) is 30.0 Å². The Morgan fingerprint density at radius 1 is 1.00 bits per heavy atom. The lowest BCUT2D eigenvalue weighted by molar-refractivity contribution is -0.133. The maximum Gasteiger partial charge on any atom is 0.326 e. The fourth-order valence-corrected chi connectivity index (χ4v) is 3.99. The highest BCUT2D eigenvalue weighted by Gasteiger charge is 2.51. The molecule has 0 bridgehead atoms. The topological polar surface area (TPSA) is 52.7 Å². The molecule has 3 amide bonds. The van der Waals surface area contributed by atoms with E-state index >= 15 is 0 Å². The number of hydrogen-bond donors (Lipinski definition) is 1. The lowest BCUT2D eigenvalue weighted by Gasteiger charge is -2.31. The zero-order valence-electron chi connectivity index (χ0n) is 14.9. The van der Waals surface area contributed by atoms with Gasteiger partial charge in [0.05, 0.1) is 6.67 Å². The molecule has 0 aliphatic carbocycles. The molecule has 134 valence electrons. The number of nitrogens with one attached hydrogen (secondary N) is 1. The Morgan fingerprint density at radius 3 is 2.42 bits per heavy atom. The van der Waals surface area contributed by atoms with Gasteiger partial charge < -0.3 is 5.32 Å². The monoisotopic (exact) mass is 349 g/mol. The van der Waals surface area contributed by atoms with Crippen LogP contribution in [-0.4, -0.2) is 35.0 Å². The number of urea groups is 1. The Morgan fingerprint density at radius 2 is 1.69 bits per heavy atom. The van der Waals surface area contributed by atoms with E-state index in [-0.39, 0.29) is 11.9 Å². The molecule has 1 saturated heterocycles. The first-order chi connectivity index (χ1) is 12.6. The maximum absolute atomic E-state index is 13.2. The molecule has 2 heterocycles. The summed E-state index contributed by atoms with van der Waals surface area (Å²) in [6, 6.07) is 17.6. The molecule has 0 unspecified atom stereocenters. The number of fused-ring (bicyclic) bond motifs is 1. The van der Waals surface area contributed by atoms with Gasteiger partial charge in [-0.3, -0.25) is 9.69 Å². The van der Waals surface area contributed by atoms with Gasteiger partial charge in [-0.1, -0.05) is 61.5 Å². The standard InChI is InChI=1S/C21H23N3O2/c1-2-21(18-10-4-3-5-11-18)19(25)24(20(26)22-21)15-23-13-12-16-8-6-7-9-17(16)14-23/h3-11H,2,12-15H2,1H3,(H,22,26)/t21-/m1/s1. The summed E-state index contributed by atoms with van der Waals surface area (Å²) < 4.78 is 0. The van der Waals surface area contributed by atoms with Gasteiger partial charge in [-0.05, 0) is 29.5 Å². The minimum atomic E-state index is -0.952. The molecule has 5 heteroatoms. The smallest absolute Gasteiger partial charge is 0.319 e. The highest BCUT2D eigenvalue weighted by Crippen LogP contribution is 2.32. The minimum Gasteiger partial charge on any atom is -0.319 e. The largest absolute Gasteiger partial charge is 0.326 e. The molecule has 1 atom stereocenters. The van der Waals surface area contributed by atoms with Crippen LogP contribution >= 0.6 is 0 Å². The van der Waals surface area contributed by atoms with Crippen LogP contribution in [-0.2, 0) is 23.3 Å². The van der Waals surface area contributed by atoms with Gasteiger partial charge in [0, 0.05) is 13.1 Å². The molecule has 1 fully saturated rings. The van der Waals surface area contributed by atoms with Gasteiger partial charge in [-0.25, -0.2) is 9.69 Å². The van der Waals surface area contributed by atoms with E-state index in [0.717, 1.165) is 25.1 Å². The average molecular weight is 349 g/mol. The second kappa shape index (κ2) is 6.57. The number of hydrogen-bond acceptors (Lipinski definition) is 3. The van der Waals surface area contributed by atoms with Crippen molar-refractivity contribution in [1.82, 2.24) is 15.1 Å². The summed E-state index contributed by atoms with van der Waals surface area (Å²) >= 11 is 0. The van der Waals surface area contributed by atoms with Crippen LogP contribution in [0.5, 0.6) is 0 Å². The van der Waals surface area contributed by atoms with Crippen molar-refractivity contribution in [3.63, 3.8) is 0 Å². The van der Waals surface area contributed by atoms with E-state index in [2.05, 4.69) is 28.4 Å². The number of carbonyl (C=O) groups excluding carboxylic acids is 2. The normalized spacial score (nSPS) is 23.0. The van der Waals surface area contributed by atoms with E-state index in [1.54, 1.807) is 0 Å². The van der Waals surface area contributed by atoms with Crippen LogP contribution in [0.3, 0.4) is 0 Å². The fraction of sp³-hybridized carbons (Fsp3) is 0.333. The van der Waals surface area contributed by atoms with Crippen molar-refractivity contribution >= 4 is 11.9 Å². The van der Waals surface area contributed by atoms with Gasteiger partial charge in [0.2, 0.25) is 0 Å². The number of nitrogens with zero attached hydrogens (tertiary/aromatic N) is 2. The summed E-state index contributed by atoms with van der Waals surface area (Å²) in [6.45, 7) is 3.87. The van der Waals surface area contributed by atoms with Crippen LogP contribution in [0.15, 0.2) is 54.6 Å². The third-order valence-corrected chi connectivity index (χ3v) is 5.52. The molecule has 2 aliphatic heterocycles. The summed E-state index contributed by atoms with van der Waals surface area (Å²) in [5.41, 5.74) is 2.52. The van der Waals surface area contributed by atoms with Crippen LogP contribution in [0, 0.1) is 0 Å². The van der Waals surface area contributed by atoms with E-state index in [0.29, 0.717) is 13.1 Å². The number of benzene rings is 2. The van der Waals surface area contributed by atoms with E-state index in [9.17, 15) is 9.59 Å². The van der Waals surface area contributed by atoms with E-state index in [1.807, 2.05) is 43.3 Å². The Labute approximate surface area is 153 Å². The van der Waals surface area contributed by atoms with Crippen molar-refractivity contribution in [2.24, 2.45) is 0 Å². The molecule has 5 nitrogen and oxygen atoms in total. The highest BCUT2D eigenvalue weighted by atomic mass is 16.2. The zero-order chi connectivity index (χ0) is 18.1. The number of imide groups is 1. The molecule has 26 heavy (non-hydrogen) atoms. The first kappa shape index (κ1) is 16.8. The Bertz CT molecular complexity index is 836. The molecule has 0 radical (unpaired) electrons. The molecule has 0 aromatic heterocycles. The van der Waals surface area contributed by atoms with Gasteiger partial charge in [0.1, 0.15) is 5.54 Å². The van der Waals surface area contributed by atoms with Crippen LogP contribution in [0.25, 0.3) is 0 Å². The quantitative estimate of drug-likeness (QED) is 0.864. The zero-order valence-corrected chi connectivity index (χ0v) is 14.9. The fourth-order valence-electron chi connectivity index (χ4n) is 3.99. The van der Waals surface area contributed by atoms with Crippen molar-refractivity contribution in [3.8, 4) is 0 Å². The minimum absolute atomic E-state index is 0.157. The van der Waals surface area contributed by atoms with Crippen LogP contribution in [0.4, 0.5) is 4.79 Å². The Balaban J connectivity index is 1.55. The molecule has 2 aliphatic rings. The van der Waals surface area contributed by atoms with E-state index in [1.165, 1.54) is 16.0 Å². The first-order valence-electron chi connectivity index (χ1n) is 9.13. The molecule has 0 saturated carbocycles. The van der Waals surface area contributed by atoms with Crippen molar-refractivity contribution in [1.29, 1.82) is 0 Å². The van der Waals surface area contributed by atoms with Gasteiger partial charge in [0.15, 0.2) is 0 Å². The highest BCUT2D eigenvalue weighted by molar-refractivity contribution is 6.07. The lowest BCUT2D eigenvalue weighted by Crippen LogP contribution is -2.46. The first-order valence-corrected chi connectivity index (χ1v) is 9.13. The molecule has 4 rings (SSSR count). The predicted molar refractivity (Wildman–Crippen MR) is 99.2 cm³/mol. The van der Waals surface area contributed by atoms with Gasteiger partial charge in [0.25, 0.3) is 5.91 Å². The van der Waals surface area contributed by atoms with Crippen LogP contribution in [0.2, 0.25) is 0 Å². The number of rotatable bonds is 4. The second-order valence-corrected chi connectivity index (χ2v) is 7.00. The maximum atomic E-state index is 13.2. The Hall–Kier alpha value is -2.66. The van der Waals surface area contributed by atoms with Crippen molar-refractivity contribution < 1.29 is 9.59 Å². The molecule has 0 spiro atoms. The molecular weight excluding hydrogens is 326 g/mol. The summed E-state index contributed by atoms with van der Waals surface area (Å²) in [7, 11) is 0. The summed E-state index contributed by atoms with van der Waals surface area (Å²) in [5.74, 6) is -0.157.